The highest BCUT2D eigenvalue weighted by Gasteiger charge is 2.44. The monoisotopic (exact) mass is 380 g/mol. The first-order valence-corrected chi connectivity index (χ1v) is 11.7. The molecule has 0 heteroatoms. The van der Waals surface area contributed by atoms with Gasteiger partial charge in [-0.25, -0.2) is 0 Å². The molecule has 5 rings (SSSR count). The first-order valence-electron chi connectivity index (χ1n) is 11.7. The van der Waals surface area contributed by atoms with Gasteiger partial charge in [-0.3, -0.25) is 0 Å². The summed E-state index contributed by atoms with van der Waals surface area (Å²) in [6.45, 7) is 2.30. The third-order valence-electron chi connectivity index (χ3n) is 7.33. The third kappa shape index (κ3) is 3.05. The molecule has 0 aromatic heterocycles. The van der Waals surface area contributed by atoms with E-state index in [4.69, 9.17) is 0 Å². The Morgan fingerprint density at radius 2 is 1.28 bits per heavy atom. The Hall–Kier alpha value is -2.34. The van der Waals surface area contributed by atoms with Gasteiger partial charge in [0.25, 0.3) is 0 Å². The Balaban J connectivity index is 1.58. The van der Waals surface area contributed by atoms with Crippen molar-refractivity contribution in [2.24, 2.45) is 0 Å². The number of benzene rings is 3. The van der Waals surface area contributed by atoms with Gasteiger partial charge >= 0.3 is 0 Å². The Bertz CT molecular complexity index is 965. The van der Waals surface area contributed by atoms with E-state index in [-0.39, 0.29) is 5.41 Å². The van der Waals surface area contributed by atoms with Gasteiger partial charge in [0.1, 0.15) is 0 Å². The zero-order valence-corrected chi connectivity index (χ0v) is 17.7. The minimum absolute atomic E-state index is 0.0164. The van der Waals surface area contributed by atoms with Crippen LogP contribution < -0.4 is 0 Å². The normalized spacial score (nSPS) is 15.3. The van der Waals surface area contributed by atoms with E-state index in [9.17, 15) is 0 Å². The van der Waals surface area contributed by atoms with Crippen LogP contribution in [0.15, 0.2) is 66.7 Å². The van der Waals surface area contributed by atoms with E-state index in [1.165, 1.54) is 85.6 Å². The van der Waals surface area contributed by atoms with Crippen LogP contribution in [0.5, 0.6) is 0 Å². The molecule has 0 heterocycles. The fraction of sp³-hybridized carbons (Fsp3) is 0.379. The molecule has 3 aromatic rings. The second kappa shape index (κ2) is 7.82. The zero-order valence-electron chi connectivity index (χ0n) is 17.7. The van der Waals surface area contributed by atoms with E-state index in [0.717, 1.165) is 0 Å². The molecule has 0 spiro atoms. The molecule has 0 N–H and O–H groups in total. The Morgan fingerprint density at radius 1 is 0.655 bits per heavy atom. The number of rotatable bonds is 8. The van der Waals surface area contributed by atoms with E-state index in [2.05, 4.69) is 73.7 Å². The lowest BCUT2D eigenvalue weighted by Gasteiger charge is -2.35. The summed E-state index contributed by atoms with van der Waals surface area (Å²) in [6, 6.07) is 25.7. The fourth-order valence-corrected chi connectivity index (χ4v) is 5.68. The molecule has 2 aliphatic rings. The standard InChI is InChI=1S/C29H32/c1-2-3-4-5-6-11-20-29(24-19-18-22-16-17-23(22)21-24)27-14-9-7-12-25(27)26-13-8-10-15-28(26)29/h7-10,12-15,18-19,21H,2-6,11,16-17,20H2,1H3. The highest BCUT2D eigenvalue weighted by Crippen LogP contribution is 2.55. The van der Waals surface area contributed by atoms with Crippen molar-refractivity contribution in [3.05, 3.63) is 94.5 Å². The molecule has 29 heavy (non-hydrogen) atoms. The van der Waals surface area contributed by atoms with Gasteiger partial charge in [-0.15, -0.1) is 0 Å². The lowest BCUT2D eigenvalue weighted by Crippen LogP contribution is -2.28. The van der Waals surface area contributed by atoms with Crippen LogP contribution in [0.4, 0.5) is 0 Å². The first kappa shape index (κ1) is 18.7. The number of aryl methyl sites for hydroxylation is 2. The van der Waals surface area contributed by atoms with Crippen molar-refractivity contribution in [3.63, 3.8) is 0 Å². The largest absolute Gasteiger partial charge is 0.0654 e. The van der Waals surface area contributed by atoms with Crippen molar-refractivity contribution in [1.82, 2.24) is 0 Å². The summed E-state index contributed by atoms with van der Waals surface area (Å²) in [7, 11) is 0. The van der Waals surface area contributed by atoms with E-state index in [0.29, 0.717) is 0 Å². The predicted molar refractivity (Wildman–Crippen MR) is 124 cm³/mol. The number of hydrogen-bond donors (Lipinski definition) is 0. The summed E-state index contributed by atoms with van der Waals surface area (Å²) in [5, 5.41) is 0. The van der Waals surface area contributed by atoms with Crippen LogP contribution in [0.2, 0.25) is 0 Å². The van der Waals surface area contributed by atoms with Gasteiger partial charge in [-0.2, -0.15) is 0 Å². The lowest BCUT2D eigenvalue weighted by atomic mass is 9.68. The molecule has 0 atom stereocenters. The second-order valence-electron chi connectivity index (χ2n) is 9.00. The van der Waals surface area contributed by atoms with Crippen LogP contribution in [0, 0.1) is 0 Å². The molecule has 0 fully saturated rings. The van der Waals surface area contributed by atoms with Crippen LogP contribution in [0.1, 0.15) is 79.7 Å². The fourth-order valence-electron chi connectivity index (χ4n) is 5.68. The van der Waals surface area contributed by atoms with Crippen molar-refractivity contribution in [3.8, 4) is 11.1 Å². The summed E-state index contributed by atoms with van der Waals surface area (Å²) < 4.78 is 0. The maximum Gasteiger partial charge on any atom is 0.0463 e. The molecule has 0 saturated heterocycles. The van der Waals surface area contributed by atoms with E-state index in [1.807, 2.05) is 0 Å². The van der Waals surface area contributed by atoms with E-state index in [1.54, 1.807) is 11.1 Å². The second-order valence-corrected chi connectivity index (χ2v) is 9.00. The summed E-state index contributed by atoms with van der Waals surface area (Å²) in [5.74, 6) is 0. The number of unbranched alkanes of at least 4 members (excludes halogenated alkanes) is 5. The molecule has 0 saturated carbocycles. The summed E-state index contributed by atoms with van der Waals surface area (Å²) in [4.78, 5) is 0. The van der Waals surface area contributed by atoms with E-state index >= 15 is 0 Å². The lowest BCUT2D eigenvalue weighted by molar-refractivity contribution is 0.505. The van der Waals surface area contributed by atoms with Gasteiger partial charge in [-0.1, -0.05) is 112 Å². The average Bonchev–Trinajstić information content (AvgIpc) is 3.03. The number of fused-ring (bicyclic) bond motifs is 4. The predicted octanol–water partition coefficient (Wildman–Crippen LogP) is 7.85. The van der Waals surface area contributed by atoms with E-state index < -0.39 is 0 Å². The molecule has 3 aromatic carbocycles. The molecule has 0 radical (unpaired) electrons. The van der Waals surface area contributed by atoms with Gasteiger partial charge in [0.2, 0.25) is 0 Å². The average molecular weight is 381 g/mol. The van der Waals surface area contributed by atoms with Gasteiger partial charge in [0.15, 0.2) is 0 Å². The van der Waals surface area contributed by atoms with Crippen molar-refractivity contribution < 1.29 is 0 Å². The minimum Gasteiger partial charge on any atom is -0.0654 e. The van der Waals surface area contributed by atoms with Crippen molar-refractivity contribution in [2.75, 3.05) is 0 Å². The van der Waals surface area contributed by atoms with Gasteiger partial charge in [0.05, 0.1) is 0 Å². The highest BCUT2D eigenvalue weighted by atomic mass is 14.5. The Morgan fingerprint density at radius 3 is 1.90 bits per heavy atom. The van der Waals surface area contributed by atoms with Crippen LogP contribution in [-0.4, -0.2) is 0 Å². The molecule has 0 amide bonds. The molecule has 0 nitrogen and oxygen atoms in total. The van der Waals surface area contributed by atoms with Crippen LogP contribution >= 0.6 is 0 Å². The Kier molecular flexibility index (Phi) is 5.04. The summed E-state index contributed by atoms with van der Waals surface area (Å²) in [6.07, 6.45) is 11.8. The third-order valence-corrected chi connectivity index (χ3v) is 7.33. The zero-order chi connectivity index (χ0) is 19.7. The smallest absolute Gasteiger partial charge is 0.0463 e. The molecule has 0 unspecified atom stereocenters. The molecular formula is C29H32. The molecule has 2 aliphatic carbocycles. The summed E-state index contributed by atoms with van der Waals surface area (Å²) >= 11 is 0. The molecule has 0 bridgehead atoms. The van der Waals surface area contributed by atoms with Crippen molar-refractivity contribution in [2.45, 2.75) is 70.1 Å². The van der Waals surface area contributed by atoms with Gasteiger partial charge < -0.3 is 0 Å². The number of hydrogen-bond acceptors (Lipinski definition) is 0. The molecular weight excluding hydrogens is 348 g/mol. The van der Waals surface area contributed by atoms with Gasteiger partial charge in [-0.05, 0) is 58.2 Å². The van der Waals surface area contributed by atoms with Crippen LogP contribution in [0.3, 0.4) is 0 Å². The van der Waals surface area contributed by atoms with Crippen LogP contribution in [0.25, 0.3) is 11.1 Å². The first-order chi connectivity index (χ1) is 14.3. The SMILES string of the molecule is CCCCCCCCC1(c2ccc3c(c2)CC3)c2ccccc2-c2ccccc21. The topological polar surface area (TPSA) is 0 Å². The van der Waals surface area contributed by atoms with Gasteiger partial charge in [0, 0.05) is 5.41 Å². The maximum absolute atomic E-state index is 2.54. The van der Waals surface area contributed by atoms with Crippen LogP contribution in [-0.2, 0) is 18.3 Å². The minimum atomic E-state index is 0.0164. The molecule has 148 valence electrons. The molecule has 0 aliphatic heterocycles. The summed E-state index contributed by atoms with van der Waals surface area (Å²) in [5.41, 5.74) is 10.6. The maximum atomic E-state index is 2.54. The Labute approximate surface area is 176 Å². The quantitative estimate of drug-likeness (QED) is 0.349. The van der Waals surface area contributed by atoms with Crippen molar-refractivity contribution >= 4 is 0 Å². The highest BCUT2D eigenvalue weighted by molar-refractivity contribution is 5.83. The van der Waals surface area contributed by atoms with Crippen molar-refractivity contribution in [1.29, 1.82) is 0 Å².